The van der Waals surface area contributed by atoms with E-state index in [9.17, 15) is 4.79 Å². The average molecular weight is 234 g/mol. The molecule has 1 aliphatic rings. The summed E-state index contributed by atoms with van der Waals surface area (Å²) in [6.45, 7) is 5.18. The minimum Gasteiger partial charge on any atom is -0.495 e. The summed E-state index contributed by atoms with van der Waals surface area (Å²) in [5, 5.41) is 3.21. The van der Waals surface area contributed by atoms with Crippen molar-refractivity contribution < 1.29 is 9.53 Å². The summed E-state index contributed by atoms with van der Waals surface area (Å²) in [5.74, 6) is 0.812. The molecule has 0 spiro atoms. The van der Waals surface area contributed by atoms with Crippen molar-refractivity contribution in [3.05, 3.63) is 24.3 Å². The first-order valence-electron chi connectivity index (χ1n) is 5.72. The lowest BCUT2D eigenvalue weighted by atomic mass is 10.0. The smallest absolute Gasteiger partial charge is 0.241 e. The minimum atomic E-state index is -0.0746. The van der Waals surface area contributed by atoms with Crippen LogP contribution < -0.4 is 15.0 Å². The number of rotatable bonds is 2. The van der Waals surface area contributed by atoms with Gasteiger partial charge in [0.1, 0.15) is 5.75 Å². The fourth-order valence-corrected chi connectivity index (χ4v) is 2.02. The molecule has 0 radical (unpaired) electrons. The van der Waals surface area contributed by atoms with Crippen LogP contribution in [0.5, 0.6) is 5.75 Å². The first-order valence-corrected chi connectivity index (χ1v) is 5.72. The van der Waals surface area contributed by atoms with Crippen LogP contribution in [0.3, 0.4) is 0 Å². The van der Waals surface area contributed by atoms with Gasteiger partial charge in [-0.3, -0.25) is 4.79 Å². The summed E-state index contributed by atoms with van der Waals surface area (Å²) in [6, 6.07) is 7.61. The van der Waals surface area contributed by atoms with E-state index in [1.165, 1.54) is 0 Å². The van der Waals surface area contributed by atoms with Crippen molar-refractivity contribution in [2.75, 3.05) is 25.1 Å². The van der Waals surface area contributed by atoms with E-state index >= 15 is 0 Å². The largest absolute Gasteiger partial charge is 0.495 e. The van der Waals surface area contributed by atoms with E-state index in [2.05, 4.69) is 19.2 Å². The average Bonchev–Trinajstić information content (AvgIpc) is 2.32. The highest BCUT2D eigenvalue weighted by atomic mass is 16.5. The Morgan fingerprint density at radius 2 is 2.06 bits per heavy atom. The Kier molecular flexibility index (Phi) is 3.07. The van der Waals surface area contributed by atoms with Crippen LogP contribution in [0.25, 0.3) is 0 Å². The molecule has 1 N–H and O–H groups in total. The topological polar surface area (TPSA) is 41.6 Å². The summed E-state index contributed by atoms with van der Waals surface area (Å²) in [7, 11) is 1.62. The summed E-state index contributed by atoms with van der Waals surface area (Å²) in [6.07, 6.45) is 0. The molecule has 0 atom stereocenters. The summed E-state index contributed by atoms with van der Waals surface area (Å²) < 4.78 is 5.30. The lowest BCUT2D eigenvalue weighted by molar-refractivity contribution is -0.119. The number of ether oxygens (including phenoxy) is 1. The van der Waals surface area contributed by atoms with E-state index in [0.717, 1.165) is 11.4 Å². The molecule has 1 saturated heterocycles. The Bertz CT molecular complexity index is 429. The highest BCUT2D eigenvalue weighted by Gasteiger charge is 2.32. The Morgan fingerprint density at radius 1 is 1.35 bits per heavy atom. The molecule has 0 saturated carbocycles. The van der Waals surface area contributed by atoms with E-state index in [4.69, 9.17) is 4.74 Å². The number of amides is 1. The monoisotopic (exact) mass is 234 g/mol. The third-order valence-electron chi connectivity index (χ3n) is 2.95. The number of carbonyl (C=O) groups is 1. The van der Waals surface area contributed by atoms with Gasteiger partial charge >= 0.3 is 0 Å². The second kappa shape index (κ2) is 4.37. The molecule has 1 aromatic rings. The van der Waals surface area contributed by atoms with E-state index in [1.807, 2.05) is 24.3 Å². The second-order valence-corrected chi connectivity index (χ2v) is 4.89. The van der Waals surface area contributed by atoms with Gasteiger partial charge in [-0.05, 0) is 26.0 Å². The molecule has 1 aromatic carbocycles. The van der Waals surface area contributed by atoms with Gasteiger partial charge in [-0.2, -0.15) is 0 Å². The molecular weight excluding hydrogens is 216 g/mol. The van der Waals surface area contributed by atoms with Crippen molar-refractivity contribution in [3.63, 3.8) is 0 Å². The zero-order valence-corrected chi connectivity index (χ0v) is 10.5. The first kappa shape index (κ1) is 11.9. The maximum absolute atomic E-state index is 12.0. The van der Waals surface area contributed by atoms with Crippen LogP contribution in [0.2, 0.25) is 0 Å². The van der Waals surface area contributed by atoms with Crippen molar-refractivity contribution in [1.29, 1.82) is 0 Å². The zero-order chi connectivity index (χ0) is 12.5. The number of hydrogen-bond acceptors (Lipinski definition) is 3. The highest BCUT2D eigenvalue weighted by Crippen LogP contribution is 2.30. The molecule has 1 heterocycles. The number of nitrogens with zero attached hydrogens (tertiary/aromatic N) is 1. The van der Waals surface area contributed by atoms with Gasteiger partial charge in [0.2, 0.25) is 5.91 Å². The number of benzene rings is 1. The van der Waals surface area contributed by atoms with Gasteiger partial charge in [-0.25, -0.2) is 0 Å². The van der Waals surface area contributed by atoms with Gasteiger partial charge in [-0.15, -0.1) is 0 Å². The summed E-state index contributed by atoms with van der Waals surface area (Å²) in [5.41, 5.74) is 0.768. The summed E-state index contributed by atoms with van der Waals surface area (Å²) in [4.78, 5) is 13.7. The molecule has 2 rings (SSSR count). The van der Waals surface area contributed by atoms with E-state index < -0.39 is 0 Å². The quantitative estimate of drug-likeness (QED) is 0.841. The molecule has 0 unspecified atom stereocenters. The molecule has 17 heavy (non-hydrogen) atoms. The first-order chi connectivity index (χ1) is 8.03. The predicted molar refractivity (Wildman–Crippen MR) is 67.4 cm³/mol. The van der Waals surface area contributed by atoms with Crippen molar-refractivity contribution in [1.82, 2.24) is 5.32 Å². The molecule has 4 heteroatoms. The Hall–Kier alpha value is -1.55. The van der Waals surface area contributed by atoms with Crippen molar-refractivity contribution in [2.24, 2.45) is 0 Å². The second-order valence-electron chi connectivity index (χ2n) is 4.89. The van der Waals surface area contributed by atoms with Crippen LogP contribution in [-0.2, 0) is 4.79 Å². The predicted octanol–water partition coefficient (Wildman–Crippen LogP) is 1.41. The zero-order valence-electron chi connectivity index (χ0n) is 10.5. The Balaban J connectivity index is 2.34. The standard InChI is InChI=1S/C13H18N2O2/c1-13(2)9-15(12(16)8-14-13)10-6-4-5-7-11(10)17-3/h4-7,14H,8-9H2,1-3H3. The number of piperazine rings is 1. The lowest BCUT2D eigenvalue weighted by Crippen LogP contribution is -2.60. The van der Waals surface area contributed by atoms with Gasteiger partial charge in [0, 0.05) is 12.1 Å². The Labute approximate surface area is 102 Å². The van der Waals surface area contributed by atoms with E-state index in [-0.39, 0.29) is 11.4 Å². The van der Waals surface area contributed by atoms with Crippen LogP contribution >= 0.6 is 0 Å². The minimum absolute atomic E-state index is 0.0746. The van der Waals surface area contributed by atoms with Gasteiger partial charge in [0.15, 0.2) is 0 Å². The Morgan fingerprint density at radius 3 is 2.76 bits per heavy atom. The number of methoxy groups -OCH3 is 1. The van der Waals surface area contributed by atoms with Crippen molar-refractivity contribution in [2.45, 2.75) is 19.4 Å². The fourth-order valence-electron chi connectivity index (χ4n) is 2.02. The molecule has 0 aromatic heterocycles. The fraction of sp³-hybridized carbons (Fsp3) is 0.462. The number of carbonyl (C=O) groups excluding carboxylic acids is 1. The third kappa shape index (κ3) is 2.42. The normalized spacial score (nSPS) is 19.2. The number of anilines is 1. The van der Waals surface area contributed by atoms with Crippen LogP contribution in [-0.4, -0.2) is 31.6 Å². The third-order valence-corrected chi connectivity index (χ3v) is 2.95. The van der Waals surface area contributed by atoms with E-state index in [0.29, 0.717) is 13.1 Å². The highest BCUT2D eigenvalue weighted by molar-refractivity contribution is 5.97. The molecule has 0 aliphatic carbocycles. The van der Waals surface area contributed by atoms with Crippen LogP contribution in [0.1, 0.15) is 13.8 Å². The van der Waals surface area contributed by atoms with Crippen LogP contribution in [0.4, 0.5) is 5.69 Å². The molecule has 92 valence electrons. The van der Waals surface area contributed by atoms with Gasteiger partial charge in [0.05, 0.1) is 19.3 Å². The van der Waals surface area contributed by atoms with Gasteiger partial charge < -0.3 is 15.0 Å². The number of para-hydroxylation sites is 2. The number of nitrogens with one attached hydrogen (secondary N) is 1. The summed E-state index contributed by atoms with van der Waals surface area (Å²) >= 11 is 0. The lowest BCUT2D eigenvalue weighted by Gasteiger charge is -2.39. The maximum atomic E-state index is 12.0. The molecular formula is C13H18N2O2. The molecule has 1 amide bonds. The van der Waals surface area contributed by atoms with Gasteiger partial charge in [0.25, 0.3) is 0 Å². The maximum Gasteiger partial charge on any atom is 0.241 e. The van der Waals surface area contributed by atoms with Gasteiger partial charge in [-0.1, -0.05) is 12.1 Å². The molecule has 1 fully saturated rings. The van der Waals surface area contributed by atoms with Crippen molar-refractivity contribution >= 4 is 11.6 Å². The van der Waals surface area contributed by atoms with Crippen molar-refractivity contribution in [3.8, 4) is 5.75 Å². The SMILES string of the molecule is COc1ccccc1N1CC(C)(C)NCC1=O. The molecule has 4 nitrogen and oxygen atoms in total. The molecule has 1 aliphatic heterocycles. The van der Waals surface area contributed by atoms with E-state index in [1.54, 1.807) is 12.0 Å². The molecule has 0 bridgehead atoms. The van der Waals surface area contributed by atoms with Crippen LogP contribution in [0.15, 0.2) is 24.3 Å². The number of hydrogen-bond donors (Lipinski definition) is 1. The van der Waals surface area contributed by atoms with Crippen LogP contribution in [0, 0.1) is 0 Å².